The van der Waals surface area contributed by atoms with Gasteiger partial charge < -0.3 is 11.1 Å². The molecule has 0 spiro atoms. The minimum absolute atomic E-state index is 0.0207. The summed E-state index contributed by atoms with van der Waals surface area (Å²) in [6.45, 7) is 3.04. The van der Waals surface area contributed by atoms with Gasteiger partial charge in [0.05, 0.1) is 6.04 Å². The second kappa shape index (κ2) is 6.55. The summed E-state index contributed by atoms with van der Waals surface area (Å²) in [5, 5.41) is 4.22. The average Bonchev–Trinajstić information content (AvgIpc) is 2.41. The predicted octanol–water partition coefficient (Wildman–Crippen LogP) is 3.41. The third kappa shape index (κ3) is 3.46. The molecule has 0 amide bonds. The Labute approximate surface area is 118 Å². The van der Waals surface area contributed by atoms with Crippen molar-refractivity contribution in [2.45, 2.75) is 19.4 Å². The maximum atomic E-state index is 6.08. The van der Waals surface area contributed by atoms with Gasteiger partial charge in [0, 0.05) is 16.8 Å². The zero-order valence-corrected chi connectivity index (χ0v) is 11.7. The van der Waals surface area contributed by atoms with Crippen LogP contribution in [0, 0.1) is 0 Å². The van der Waals surface area contributed by atoms with Crippen LogP contribution in [-0.2, 0) is 0 Å². The fraction of sp³-hybridized carbons (Fsp3) is 0.267. The summed E-state index contributed by atoms with van der Waals surface area (Å²) < 4.78 is 0. The number of hydrogen-bond donors (Lipinski definition) is 2. The highest BCUT2D eigenvalue weighted by atomic mass is 35.5. The van der Waals surface area contributed by atoms with E-state index in [4.69, 9.17) is 17.3 Å². The molecule has 0 aliphatic rings. The number of halogens is 1. The molecule has 0 aliphatic carbocycles. The number of hydrogen-bond acceptors (Lipinski definition) is 3. The molecule has 19 heavy (non-hydrogen) atoms. The zero-order chi connectivity index (χ0) is 13.7. The van der Waals surface area contributed by atoms with Gasteiger partial charge in [-0.25, -0.2) is 4.98 Å². The lowest BCUT2D eigenvalue weighted by atomic mass is 9.99. The summed E-state index contributed by atoms with van der Waals surface area (Å²) in [5.74, 6) is 0.552. The normalized spacial score (nSPS) is 12.3. The second-order valence-corrected chi connectivity index (χ2v) is 4.86. The first kappa shape index (κ1) is 13.8. The van der Waals surface area contributed by atoms with Gasteiger partial charge in [-0.1, -0.05) is 36.7 Å². The molecule has 0 radical (unpaired) electrons. The third-order valence-corrected chi connectivity index (χ3v) is 3.20. The van der Waals surface area contributed by atoms with Crippen LogP contribution in [-0.4, -0.2) is 11.5 Å². The first-order chi connectivity index (χ1) is 9.22. The number of aromatic nitrogens is 1. The summed E-state index contributed by atoms with van der Waals surface area (Å²) in [7, 11) is 0. The van der Waals surface area contributed by atoms with E-state index in [2.05, 4.69) is 17.2 Å². The van der Waals surface area contributed by atoms with Crippen LogP contribution < -0.4 is 11.1 Å². The Hall–Kier alpha value is -1.58. The molecule has 0 bridgehead atoms. The molecule has 3 nitrogen and oxygen atoms in total. The van der Waals surface area contributed by atoms with E-state index in [0.29, 0.717) is 5.82 Å². The van der Waals surface area contributed by atoms with E-state index in [0.717, 1.165) is 29.1 Å². The van der Waals surface area contributed by atoms with Gasteiger partial charge in [-0.15, -0.1) is 0 Å². The maximum absolute atomic E-state index is 6.08. The van der Waals surface area contributed by atoms with Crippen LogP contribution in [0.3, 0.4) is 0 Å². The Morgan fingerprint density at radius 3 is 2.84 bits per heavy atom. The minimum atomic E-state index is 0.0207. The van der Waals surface area contributed by atoms with Gasteiger partial charge in [-0.3, -0.25) is 0 Å². The Morgan fingerprint density at radius 1 is 1.32 bits per heavy atom. The van der Waals surface area contributed by atoms with Crippen LogP contribution in [0.25, 0.3) is 0 Å². The van der Waals surface area contributed by atoms with E-state index in [1.807, 2.05) is 36.4 Å². The molecule has 0 fully saturated rings. The molecule has 1 heterocycles. The maximum Gasteiger partial charge on any atom is 0.128 e. The van der Waals surface area contributed by atoms with E-state index in [1.54, 1.807) is 6.20 Å². The van der Waals surface area contributed by atoms with E-state index in [1.165, 1.54) is 0 Å². The number of nitrogens with zero attached hydrogens (tertiary/aromatic N) is 1. The highest BCUT2D eigenvalue weighted by molar-refractivity contribution is 6.30. The standard InChI is InChI=1S/C15H18ClN3/c1-2-8-18-14(11-5-3-6-12(16)10-11)13-7-4-9-19-15(13)17/h3-7,9-10,14,18H,2,8H2,1H3,(H2,17,19). The molecular formula is C15H18ClN3. The molecule has 0 saturated carbocycles. The third-order valence-electron chi connectivity index (χ3n) is 2.96. The lowest BCUT2D eigenvalue weighted by Gasteiger charge is -2.20. The summed E-state index contributed by atoms with van der Waals surface area (Å²) in [5.41, 5.74) is 8.07. The van der Waals surface area contributed by atoms with Crippen molar-refractivity contribution in [1.82, 2.24) is 10.3 Å². The molecule has 2 aromatic rings. The average molecular weight is 276 g/mol. The van der Waals surface area contributed by atoms with Gasteiger partial charge in [0.1, 0.15) is 5.82 Å². The number of anilines is 1. The fourth-order valence-electron chi connectivity index (χ4n) is 2.06. The van der Waals surface area contributed by atoms with Gasteiger partial charge in [-0.2, -0.15) is 0 Å². The number of nitrogen functional groups attached to an aromatic ring is 1. The molecule has 4 heteroatoms. The topological polar surface area (TPSA) is 50.9 Å². The Balaban J connectivity index is 2.38. The Morgan fingerprint density at radius 2 is 2.16 bits per heavy atom. The molecule has 1 aromatic carbocycles. The monoisotopic (exact) mass is 275 g/mol. The molecule has 1 aromatic heterocycles. The van der Waals surface area contributed by atoms with E-state index in [-0.39, 0.29) is 6.04 Å². The Bertz CT molecular complexity index is 542. The van der Waals surface area contributed by atoms with E-state index in [9.17, 15) is 0 Å². The van der Waals surface area contributed by atoms with Crippen molar-refractivity contribution in [3.05, 3.63) is 58.7 Å². The first-order valence-electron chi connectivity index (χ1n) is 6.41. The highest BCUT2D eigenvalue weighted by Gasteiger charge is 2.16. The van der Waals surface area contributed by atoms with E-state index >= 15 is 0 Å². The van der Waals surface area contributed by atoms with Gasteiger partial charge >= 0.3 is 0 Å². The lowest BCUT2D eigenvalue weighted by molar-refractivity contribution is 0.598. The molecule has 100 valence electrons. The number of benzene rings is 1. The van der Waals surface area contributed by atoms with Crippen molar-refractivity contribution in [2.75, 3.05) is 12.3 Å². The fourth-order valence-corrected chi connectivity index (χ4v) is 2.25. The van der Waals surface area contributed by atoms with Crippen LogP contribution in [0.5, 0.6) is 0 Å². The number of nitrogens with two attached hydrogens (primary N) is 1. The predicted molar refractivity (Wildman–Crippen MR) is 80.2 cm³/mol. The zero-order valence-electron chi connectivity index (χ0n) is 10.9. The van der Waals surface area contributed by atoms with Crippen LogP contribution >= 0.6 is 11.6 Å². The quantitative estimate of drug-likeness (QED) is 0.879. The largest absolute Gasteiger partial charge is 0.383 e. The van der Waals surface area contributed by atoms with Crippen molar-refractivity contribution >= 4 is 17.4 Å². The van der Waals surface area contributed by atoms with Crippen molar-refractivity contribution in [2.24, 2.45) is 0 Å². The summed E-state index contributed by atoms with van der Waals surface area (Å²) in [6.07, 6.45) is 2.75. The molecule has 2 rings (SSSR count). The highest BCUT2D eigenvalue weighted by Crippen LogP contribution is 2.27. The van der Waals surface area contributed by atoms with Crippen LogP contribution in [0.15, 0.2) is 42.6 Å². The van der Waals surface area contributed by atoms with E-state index < -0.39 is 0 Å². The van der Waals surface area contributed by atoms with Gasteiger partial charge in [0.15, 0.2) is 0 Å². The number of rotatable bonds is 5. The number of pyridine rings is 1. The number of nitrogens with one attached hydrogen (secondary N) is 1. The van der Waals surface area contributed by atoms with Crippen molar-refractivity contribution in [3.63, 3.8) is 0 Å². The summed E-state index contributed by atoms with van der Waals surface area (Å²) in [6, 6.07) is 11.7. The molecular weight excluding hydrogens is 258 g/mol. The summed E-state index contributed by atoms with van der Waals surface area (Å²) >= 11 is 6.08. The van der Waals surface area contributed by atoms with Crippen LogP contribution in [0.2, 0.25) is 5.02 Å². The van der Waals surface area contributed by atoms with Gasteiger partial charge in [-0.05, 0) is 36.7 Å². The van der Waals surface area contributed by atoms with Gasteiger partial charge in [0.2, 0.25) is 0 Å². The SMILES string of the molecule is CCCNC(c1cccc(Cl)c1)c1cccnc1N. The Kier molecular flexibility index (Phi) is 4.77. The van der Waals surface area contributed by atoms with Crippen LogP contribution in [0.4, 0.5) is 5.82 Å². The first-order valence-corrected chi connectivity index (χ1v) is 6.79. The molecule has 0 saturated heterocycles. The molecule has 0 aliphatic heterocycles. The minimum Gasteiger partial charge on any atom is -0.383 e. The molecule has 1 unspecified atom stereocenters. The second-order valence-electron chi connectivity index (χ2n) is 4.42. The smallest absolute Gasteiger partial charge is 0.128 e. The van der Waals surface area contributed by atoms with Crippen molar-refractivity contribution < 1.29 is 0 Å². The van der Waals surface area contributed by atoms with Crippen molar-refractivity contribution in [1.29, 1.82) is 0 Å². The van der Waals surface area contributed by atoms with Crippen LogP contribution in [0.1, 0.15) is 30.5 Å². The van der Waals surface area contributed by atoms with Crippen molar-refractivity contribution in [3.8, 4) is 0 Å². The molecule has 3 N–H and O–H groups in total. The lowest BCUT2D eigenvalue weighted by Crippen LogP contribution is -2.24. The molecule has 1 atom stereocenters. The summed E-state index contributed by atoms with van der Waals surface area (Å²) in [4.78, 5) is 4.16. The van der Waals surface area contributed by atoms with Gasteiger partial charge in [0.25, 0.3) is 0 Å².